The zero-order chi connectivity index (χ0) is 16.4. The van der Waals surface area contributed by atoms with Crippen molar-refractivity contribution < 1.29 is 13.2 Å². The molecule has 2 aromatic rings. The smallest absolute Gasteiger partial charge is 0.244 e. The molecule has 1 atom stereocenters. The van der Waals surface area contributed by atoms with Gasteiger partial charge in [-0.1, -0.05) is 29.8 Å². The quantitative estimate of drug-likeness (QED) is 0.842. The van der Waals surface area contributed by atoms with Gasteiger partial charge in [-0.2, -0.15) is 0 Å². The van der Waals surface area contributed by atoms with Gasteiger partial charge in [0.15, 0.2) is 9.84 Å². The van der Waals surface area contributed by atoms with Gasteiger partial charge in [-0.05, 0) is 24.5 Å². The number of hydrogen-bond donors (Lipinski definition) is 1. The van der Waals surface area contributed by atoms with Crippen LogP contribution < -0.4 is 5.32 Å². The highest BCUT2D eigenvalue weighted by molar-refractivity contribution is 7.91. The van der Waals surface area contributed by atoms with E-state index in [9.17, 15) is 13.2 Å². The van der Waals surface area contributed by atoms with Gasteiger partial charge in [0.05, 0.1) is 16.5 Å². The molecule has 122 valence electrons. The highest BCUT2D eigenvalue weighted by atomic mass is 35.5. The van der Waals surface area contributed by atoms with Crippen LogP contribution in [0.5, 0.6) is 0 Å². The minimum absolute atomic E-state index is 0.0188. The third-order valence-corrected chi connectivity index (χ3v) is 7.33. The first-order valence-corrected chi connectivity index (χ1v) is 10.3. The largest absolute Gasteiger partial charge is 0.352 e. The lowest BCUT2D eigenvalue weighted by molar-refractivity contribution is -0.116. The molecule has 0 bridgehead atoms. The summed E-state index contributed by atoms with van der Waals surface area (Å²) >= 11 is 7.84. The lowest BCUT2D eigenvalue weighted by atomic mass is 10.1. The molecule has 1 N–H and O–H groups in total. The van der Waals surface area contributed by atoms with Crippen molar-refractivity contribution in [2.45, 2.75) is 6.42 Å². The molecule has 4 nitrogen and oxygen atoms in total. The van der Waals surface area contributed by atoms with Crippen molar-refractivity contribution in [2.24, 2.45) is 5.92 Å². The van der Waals surface area contributed by atoms with Gasteiger partial charge in [-0.3, -0.25) is 4.79 Å². The van der Waals surface area contributed by atoms with Crippen molar-refractivity contribution in [1.29, 1.82) is 0 Å². The molecule has 1 fully saturated rings. The van der Waals surface area contributed by atoms with Crippen LogP contribution >= 0.6 is 22.9 Å². The molecule has 1 aliphatic heterocycles. The molecule has 0 radical (unpaired) electrons. The number of rotatable bonds is 4. The first kappa shape index (κ1) is 16.5. The number of hydrogen-bond acceptors (Lipinski definition) is 4. The maximum atomic E-state index is 11.9. The molecular weight excluding hydrogens is 354 g/mol. The second-order valence-corrected chi connectivity index (χ2v) is 9.31. The fourth-order valence-electron chi connectivity index (χ4n) is 2.63. The van der Waals surface area contributed by atoms with Gasteiger partial charge in [0.25, 0.3) is 0 Å². The minimum atomic E-state index is -2.90. The van der Waals surface area contributed by atoms with Crippen molar-refractivity contribution >= 4 is 54.8 Å². The first-order valence-electron chi connectivity index (χ1n) is 7.28. The van der Waals surface area contributed by atoms with E-state index < -0.39 is 9.84 Å². The Labute approximate surface area is 144 Å². The Kier molecular flexibility index (Phi) is 4.75. The highest BCUT2D eigenvalue weighted by Gasteiger charge is 2.27. The maximum Gasteiger partial charge on any atom is 0.244 e. The van der Waals surface area contributed by atoms with E-state index in [0.29, 0.717) is 18.0 Å². The number of benzene rings is 1. The van der Waals surface area contributed by atoms with E-state index in [4.69, 9.17) is 11.6 Å². The summed E-state index contributed by atoms with van der Waals surface area (Å²) in [6, 6.07) is 7.82. The molecule has 2 heterocycles. The van der Waals surface area contributed by atoms with Crippen LogP contribution in [0.4, 0.5) is 0 Å². The zero-order valence-corrected chi connectivity index (χ0v) is 14.7. The summed E-state index contributed by atoms with van der Waals surface area (Å²) in [5, 5.41) is 4.39. The molecule has 1 saturated heterocycles. The Balaban J connectivity index is 1.61. The van der Waals surface area contributed by atoms with Gasteiger partial charge < -0.3 is 5.32 Å². The standard InChI is InChI=1S/C16H16ClNO3S2/c17-16-12-3-1-2-4-13(12)22-14(16)5-6-15(19)18-9-11-7-8-23(20,21)10-11/h1-6,11H,7-10H2,(H,18,19)/b6-5+. The molecule has 1 aromatic heterocycles. The summed E-state index contributed by atoms with van der Waals surface area (Å²) in [5.74, 6) is 0.174. The average molecular weight is 370 g/mol. The summed E-state index contributed by atoms with van der Waals surface area (Å²) in [7, 11) is -2.90. The van der Waals surface area contributed by atoms with E-state index in [1.807, 2.05) is 24.3 Å². The van der Waals surface area contributed by atoms with Gasteiger partial charge in [0, 0.05) is 27.6 Å². The van der Waals surface area contributed by atoms with Crippen LogP contribution in [0.1, 0.15) is 11.3 Å². The summed E-state index contributed by atoms with van der Waals surface area (Å²) in [5.41, 5.74) is 0. The van der Waals surface area contributed by atoms with Gasteiger partial charge in [-0.15, -0.1) is 11.3 Å². The SMILES string of the molecule is O=C(/C=C/c1sc2ccccc2c1Cl)NCC1CCS(=O)(=O)C1. The molecule has 1 aliphatic rings. The third kappa shape index (κ3) is 3.94. The van der Waals surface area contributed by atoms with Crippen LogP contribution in [0.2, 0.25) is 5.02 Å². The minimum Gasteiger partial charge on any atom is -0.352 e. The van der Waals surface area contributed by atoms with Crippen molar-refractivity contribution in [2.75, 3.05) is 18.1 Å². The van der Waals surface area contributed by atoms with Crippen LogP contribution in [-0.2, 0) is 14.6 Å². The van der Waals surface area contributed by atoms with E-state index in [1.54, 1.807) is 6.08 Å². The molecule has 0 saturated carbocycles. The van der Waals surface area contributed by atoms with Gasteiger partial charge in [0.2, 0.25) is 5.91 Å². The molecule has 1 aromatic carbocycles. The molecule has 7 heteroatoms. The number of carbonyl (C=O) groups is 1. The Hall–Kier alpha value is -1.37. The molecule has 3 rings (SSSR count). The number of sulfone groups is 1. The van der Waals surface area contributed by atoms with Crippen molar-refractivity contribution in [1.82, 2.24) is 5.32 Å². The molecule has 23 heavy (non-hydrogen) atoms. The second-order valence-electron chi connectivity index (χ2n) is 5.62. The van der Waals surface area contributed by atoms with Crippen LogP contribution in [0.15, 0.2) is 30.3 Å². The Morgan fingerprint density at radius 1 is 1.39 bits per heavy atom. The fraction of sp³-hybridized carbons (Fsp3) is 0.312. The Bertz CT molecular complexity index is 871. The molecule has 1 unspecified atom stereocenters. The molecule has 1 amide bonds. The summed E-state index contributed by atoms with van der Waals surface area (Å²) in [6.45, 7) is 0.391. The van der Waals surface area contributed by atoms with Crippen LogP contribution in [0.3, 0.4) is 0 Å². The van der Waals surface area contributed by atoms with Crippen LogP contribution in [0.25, 0.3) is 16.2 Å². The second kappa shape index (κ2) is 6.63. The van der Waals surface area contributed by atoms with E-state index >= 15 is 0 Å². The van der Waals surface area contributed by atoms with Crippen molar-refractivity contribution in [3.8, 4) is 0 Å². The number of amides is 1. The Morgan fingerprint density at radius 2 is 2.17 bits per heavy atom. The van der Waals surface area contributed by atoms with E-state index in [-0.39, 0.29) is 23.3 Å². The summed E-state index contributed by atoms with van der Waals surface area (Å²) in [6.07, 6.45) is 3.77. The number of halogens is 1. The number of nitrogens with one attached hydrogen (secondary N) is 1. The molecule has 0 spiro atoms. The van der Waals surface area contributed by atoms with Gasteiger partial charge in [-0.25, -0.2) is 8.42 Å². The van der Waals surface area contributed by atoms with Crippen LogP contribution in [0, 0.1) is 5.92 Å². The summed E-state index contributed by atoms with van der Waals surface area (Å²) < 4.78 is 23.8. The predicted molar refractivity (Wildman–Crippen MR) is 95.6 cm³/mol. The van der Waals surface area contributed by atoms with E-state index in [2.05, 4.69) is 5.32 Å². The number of thiophene rings is 1. The van der Waals surface area contributed by atoms with Crippen LogP contribution in [-0.4, -0.2) is 32.4 Å². The lowest BCUT2D eigenvalue weighted by Crippen LogP contribution is -2.28. The van der Waals surface area contributed by atoms with Crippen molar-refractivity contribution in [3.63, 3.8) is 0 Å². The first-order chi connectivity index (χ1) is 10.9. The molecular formula is C16H16ClNO3S2. The number of carbonyl (C=O) groups excluding carboxylic acids is 1. The fourth-order valence-corrected chi connectivity index (χ4v) is 5.89. The monoisotopic (exact) mass is 369 g/mol. The zero-order valence-electron chi connectivity index (χ0n) is 12.3. The average Bonchev–Trinajstić information content (AvgIpc) is 3.03. The maximum absolute atomic E-state index is 11.9. The predicted octanol–water partition coefficient (Wildman–Crippen LogP) is 3.12. The topological polar surface area (TPSA) is 63.2 Å². The van der Waals surface area contributed by atoms with Crippen molar-refractivity contribution in [3.05, 3.63) is 40.2 Å². The van der Waals surface area contributed by atoms with E-state index in [0.717, 1.165) is 15.0 Å². The molecule has 0 aliphatic carbocycles. The Morgan fingerprint density at radius 3 is 2.87 bits per heavy atom. The van der Waals surface area contributed by atoms with Gasteiger partial charge >= 0.3 is 0 Å². The third-order valence-electron chi connectivity index (χ3n) is 3.84. The lowest BCUT2D eigenvalue weighted by Gasteiger charge is -2.07. The number of fused-ring (bicyclic) bond motifs is 1. The van der Waals surface area contributed by atoms with E-state index in [1.165, 1.54) is 17.4 Å². The normalized spacial score (nSPS) is 20.3. The summed E-state index contributed by atoms with van der Waals surface area (Å²) in [4.78, 5) is 12.7. The highest BCUT2D eigenvalue weighted by Crippen LogP contribution is 2.35. The van der Waals surface area contributed by atoms with Gasteiger partial charge in [0.1, 0.15) is 0 Å².